The van der Waals surface area contributed by atoms with Crippen molar-refractivity contribution in [2.24, 2.45) is 0 Å². The smallest absolute Gasteiger partial charge is 0.272 e. The zero-order valence-electron chi connectivity index (χ0n) is 10.3. The number of H-pyrrole nitrogens is 1. The zero-order valence-corrected chi connectivity index (χ0v) is 10.3. The number of hydrogen-bond acceptors (Lipinski definition) is 3. The van der Waals surface area contributed by atoms with Crippen LogP contribution in [0.25, 0.3) is 0 Å². The topological polar surface area (TPSA) is 69.8 Å². The molecular formula is C13H18N4O. The molecule has 1 amide bonds. The minimum atomic E-state index is -0.0856. The molecule has 0 unspecified atom stereocenters. The number of aromatic amines is 1. The van der Waals surface area contributed by atoms with Gasteiger partial charge in [-0.1, -0.05) is 11.6 Å². The first-order chi connectivity index (χ1) is 8.83. The van der Waals surface area contributed by atoms with E-state index in [1.54, 1.807) is 0 Å². The molecular weight excluding hydrogens is 228 g/mol. The van der Waals surface area contributed by atoms with E-state index in [-0.39, 0.29) is 5.91 Å². The van der Waals surface area contributed by atoms with Gasteiger partial charge < -0.3 is 10.6 Å². The molecule has 1 aromatic rings. The van der Waals surface area contributed by atoms with Gasteiger partial charge in [-0.15, -0.1) is 0 Å². The lowest BCUT2D eigenvalue weighted by Gasteiger charge is -2.14. The molecule has 2 heterocycles. The molecule has 5 nitrogen and oxygen atoms in total. The fourth-order valence-corrected chi connectivity index (χ4v) is 2.17. The van der Waals surface area contributed by atoms with E-state index < -0.39 is 0 Å². The van der Waals surface area contributed by atoms with Crippen LogP contribution in [0, 0.1) is 0 Å². The summed E-state index contributed by atoms with van der Waals surface area (Å²) in [5.74, 6) is 0.517. The van der Waals surface area contributed by atoms with E-state index in [1.165, 1.54) is 18.4 Å². The average Bonchev–Trinajstić information content (AvgIpc) is 3.15. The first kappa shape index (κ1) is 11.5. The predicted octanol–water partition coefficient (Wildman–Crippen LogP) is 0.937. The van der Waals surface area contributed by atoms with Crippen molar-refractivity contribution >= 4 is 5.91 Å². The second kappa shape index (κ2) is 4.94. The van der Waals surface area contributed by atoms with Crippen LogP contribution in [-0.4, -0.2) is 35.7 Å². The second-order valence-electron chi connectivity index (χ2n) is 4.98. The average molecular weight is 246 g/mol. The highest BCUT2D eigenvalue weighted by atomic mass is 16.1. The minimum Gasteiger partial charge on any atom is -0.347 e. The highest BCUT2D eigenvalue weighted by molar-refractivity contribution is 5.92. The number of nitrogens with one attached hydrogen (secondary N) is 3. The summed E-state index contributed by atoms with van der Waals surface area (Å²) in [6, 6.07) is 1.88. The van der Waals surface area contributed by atoms with Gasteiger partial charge in [0.2, 0.25) is 0 Å². The van der Waals surface area contributed by atoms with Crippen LogP contribution < -0.4 is 10.6 Å². The Morgan fingerprint density at radius 2 is 2.39 bits per heavy atom. The zero-order chi connectivity index (χ0) is 12.4. The number of hydrogen-bond donors (Lipinski definition) is 3. The predicted molar refractivity (Wildman–Crippen MR) is 68.5 cm³/mol. The monoisotopic (exact) mass is 246 g/mol. The van der Waals surface area contributed by atoms with E-state index >= 15 is 0 Å². The van der Waals surface area contributed by atoms with E-state index in [4.69, 9.17) is 0 Å². The molecule has 3 N–H and O–H groups in total. The molecule has 0 spiro atoms. The molecule has 1 saturated carbocycles. The van der Waals surface area contributed by atoms with E-state index in [0.29, 0.717) is 18.2 Å². The van der Waals surface area contributed by atoms with Crippen LogP contribution >= 0.6 is 0 Å². The van der Waals surface area contributed by atoms with Crippen molar-refractivity contribution in [3.8, 4) is 0 Å². The van der Waals surface area contributed by atoms with Crippen molar-refractivity contribution in [3.05, 3.63) is 29.1 Å². The molecule has 1 fully saturated rings. The van der Waals surface area contributed by atoms with Gasteiger partial charge in [0.1, 0.15) is 5.69 Å². The molecule has 96 valence electrons. The number of carbonyl (C=O) groups excluding carboxylic acids is 1. The summed E-state index contributed by atoms with van der Waals surface area (Å²) < 4.78 is 0. The largest absolute Gasteiger partial charge is 0.347 e. The lowest BCUT2D eigenvalue weighted by Crippen LogP contribution is -2.29. The molecule has 1 aromatic heterocycles. The maximum absolute atomic E-state index is 11.9. The Morgan fingerprint density at radius 1 is 1.50 bits per heavy atom. The molecule has 0 atom stereocenters. The summed E-state index contributed by atoms with van der Waals surface area (Å²) in [6.45, 7) is 2.53. The summed E-state index contributed by atoms with van der Waals surface area (Å²) in [6.07, 6.45) is 5.57. The van der Waals surface area contributed by atoms with Crippen molar-refractivity contribution < 1.29 is 4.79 Å². The van der Waals surface area contributed by atoms with E-state index in [2.05, 4.69) is 26.9 Å². The van der Waals surface area contributed by atoms with Crippen LogP contribution in [0.4, 0.5) is 0 Å². The third kappa shape index (κ3) is 2.61. The summed E-state index contributed by atoms with van der Waals surface area (Å²) in [4.78, 5) is 11.9. The Labute approximate surface area is 106 Å². The molecule has 0 bridgehead atoms. The van der Waals surface area contributed by atoms with Crippen LogP contribution in [0.15, 0.2) is 17.7 Å². The van der Waals surface area contributed by atoms with Gasteiger partial charge in [0.15, 0.2) is 0 Å². The number of aromatic nitrogens is 2. The van der Waals surface area contributed by atoms with Crippen molar-refractivity contribution in [3.63, 3.8) is 0 Å². The van der Waals surface area contributed by atoms with Gasteiger partial charge in [-0.25, -0.2) is 0 Å². The van der Waals surface area contributed by atoms with E-state index in [9.17, 15) is 4.79 Å². The van der Waals surface area contributed by atoms with Crippen molar-refractivity contribution in [2.75, 3.05) is 19.6 Å². The quantitative estimate of drug-likeness (QED) is 0.692. The third-order valence-electron chi connectivity index (χ3n) is 3.48. The molecule has 2 aliphatic rings. The van der Waals surface area contributed by atoms with Gasteiger partial charge in [-0.3, -0.25) is 9.89 Å². The first-order valence-electron chi connectivity index (χ1n) is 6.55. The van der Waals surface area contributed by atoms with Gasteiger partial charge >= 0.3 is 0 Å². The highest BCUT2D eigenvalue weighted by Crippen LogP contribution is 2.38. The Balaban J connectivity index is 1.55. The summed E-state index contributed by atoms with van der Waals surface area (Å²) in [7, 11) is 0. The molecule has 0 radical (unpaired) electrons. The van der Waals surface area contributed by atoms with E-state index in [1.807, 2.05) is 6.07 Å². The SMILES string of the molecule is O=C(NCC1=CCNCC1)c1cc(C2CC2)[nH]n1. The van der Waals surface area contributed by atoms with Crippen molar-refractivity contribution in [2.45, 2.75) is 25.2 Å². The van der Waals surface area contributed by atoms with Crippen LogP contribution in [0.1, 0.15) is 41.4 Å². The molecule has 1 aliphatic heterocycles. The van der Waals surface area contributed by atoms with Crippen LogP contribution in [0.3, 0.4) is 0 Å². The van der Waals surface area contributed by atoms with Gasteiger partial charge in [-0.05, 0) is 31.9 Å². The van der Waals surface area contributed by atoms with Crippen LogP contribution in [-0.2, 0) is 0 Å². The Morgan fingerprint density at radius 3 is 3.11 bits per heavy atom. The number of nitrogens with zero attached hydrogens (tertiary/aromatic N) is 1. The molecule has 0 aromatic carbocycles. The van der Waals surface area contributed by atoms with E-state index in [0.717, 1.165) is 25.2 Å². The first-order valence-corrected chi connectivity index (χ1v) is 6.55. The Kier molecular flexibility index (Phi) is 3.15. The normalized spacial score (nSPS) is 19.4. The number of amides is 1. The highest BCUT2D eigenvalue weighted by Gasteiger charge is 2.26. The fraction of sp³-hybridized carbons (Fsp3) is 0.538. The maximum atomic E-state index is 11.9. The molecule has 5 heteroatoms. The molecule has 1 aliphatic carbocycles. The van der Waals surface area contributed by atoms with Gasteiger partial charge in [0, 0.05) is 24.7 Å². The fourth-order valence-electron chi connectivity index (χ4n) is 2.17. The Hall–Kier alpha value is -1.62. The minimum absolute atomic E-state index is 0.0856. The molecule has 18 heavy (non-hydrogen) atoms. The van der Waals surface area contributed by atoms with Crippen LogP contribution in [0.5, 0.6) is 0 Å². The molecule has 3 rings (SSSR count). The number of carbonyl (C=O) groups is 1. The van der Waals surface area contributed by atoms with Gasteiger partial charge in [-0.2, -0.15) is 5.10 Å². The maximum Gasteiger partial charge on any atom is 0.272 e. The lowest BCUT2D eigenvalue weighted by atomic mass is 10.1. The summed E-state index contributed by atoms with van der Waals surface area (Å²) in [5.41, 5.74) is 2.90. The Bertz CT molecular complexity index is 473. The van der Waals surface area contributed by atoms with Crippen molar-refractivity contribution in [1.82, 2.24) is 20.8 Å². The lowest BCUT2D eigenvalue weighted by molar-refractivity contribution is 0.0951. The van der Waals surface area contributed by atoms with Crippen molar-refractivity contribution in [1.29, 1.82) is 0 Å². The van der Waals surface area contributed by atoms with Crippen LogP contribution in [0.2, 0.25) is 0 Å². The standard InChI is InChI=1S/C13H18N4O/c18-13(15-8-9-3-5-14-6-4-9)12-7-11(16-17-12)10-1-2-10/h3,7,10,14H,1-2,4-6,8H2,(H,15,18)(H,16,17). The second-order valence-corrected chi connectivity index (χ2v) is 4.98. The van der Waals surface area contributed by atoms with Gasteiger partial charge in [0.25, 0.3) is 5.91 Å². The third-order valence-corrected chi connectivity index (χ3v) is 3.48. The number of rotatable bonds is 4. The summed E-state index contributed by atoms with van der Waals surface area (Å²) >= 11 is 0. The summed E-state index contributed by atoms with van der Waals surface area (Å²) in [5, 5.41) is 13.2. The molecule has 0 saturated heterocycles. The van der Waals surface area contributed by atoms with Gasteiger partial charge in [0.05, 0.1) is 0 Å².